The Kier molecular flexibility index (Phi) is 37.6. The van der Waals surface area contributed by atoms with Crippen molar-refractivity contribution in [1.82, 2.24) is 10.6 Å². The molecule has 9 heterocycles. The molecule has 125 heavy (non-hydrogen) atoms. The number of carbonyl (C=O) groups excluding carboxylic acids is 2. The van der Waals surface area contributed by atoms with Crippen LogP contribution >= 0.6 is 7.82 Å². The van der Waals surface area contributed by atoms with E-state index < -0.39 is 404 Å². The zero-order chi connectivity index (χ0) is 92.8. The maximum absolute atomic E-state index is 13.5. The van der Waals surface area contributed by atoms with Crippen LogP contribution in [0.3, 0.4) is 0 Å². The fourth-order valence-corrected chi connectivity index (χ4v) is 16.5. The second-order valence-electron chi connectivity index (χ2n) is 30.7. The van der Waals surface area contributed by atoms with E-state index in [2.05, 4.69) is 10.6 Å². The van der Waals surface area contributed by atoms with Gasteiger partial charge >= 0.3 is 19.8 Å². The van der Waals surface area contributed by atoms with Gasteiger partial charge in [-0.25, -0.2) is 14.2 Å². The monoisotopic (exact) mass is 1860 g/mol. The van der Waals surface area contributed by atoms with Gasteiger partial charge in [0, 0.05) is 33.2 Å². The Bertz CT molecular complexity index is 3450. The van der Waals surface area contributed by atoms with Gasteiger partial charge in [-0.3, -0.25) is 18.6 Å². The molecular formula is C66H112N3O55P. The number of carboxylic acids is 2. The topological polar surface area (TPSA) is 938 Å². The van der Waals surface area contributed by atoms with E-state index in [-0.39, 0.29) is 0 Å². The molecule has 9 aliphatic rings. The molecule has 2 amide bonds. The minimum Gasteiger partial charge on any atom is -0.477 e. The zero-order valence-electron chi connectivity index (χ0n) is 65.9. The summed E-state index contributed by atoms with van der Waals surface area (Å²) in [5.41, 5.74) is 5.44. The number of ether oxygens (including phenoxy) is 17. The van der Waals surface area contributed by atoms with Crippen LogP contribution in [0.25, 0.3) is 0 Å². The van der Waals surface area contributed by atoms with Crippen LogP contribution in [0.1, 0.15) is 26.7 Å². The number of phosphoric acid groups is 1. The highest BCUT2D eigenvalue weighted by atomic mass is 31.2. The van der Waals surface area contributed by atoms with E-state index in [1.54, 1.807) is 0 Å². The normalized spacial score (nSPS) is 46.7. The number of carboxylic acid groups (broad SMARTS) is 2. The van der Waals surface area contributed by atoms with Crippen LogP contribution in [-0.4, -0.2) is 542 Å². The fraction of sp³-hybridized carbons (Fsp3) is 0.939. The Morgan fingerprint density at radius 1 is 0.408 bits per heavy atom. The first-order chi connectivity index (χ1) is 58.8. The molecule has 9 fully saturated rings. The molecule has 0 bridgehead atoms. The maximum Gasteiger partial charge on any atom is 0.472 e. The molecule has 1 unspecified atom stereocenters. The molecule has 9 saturated heterocycles. The van der Waals surface area contributed by atoms with Crippen molar-refractivity contribution in [2.24, 2.45) is 5.73 Å². The Labute approximate surface area is 704 Å². The van der Waals surface area contributed by atoms with E-state index in [0.717, 1.165) is 13.8 Å². The van der Waals surface area contributed by atoms with Crippen LogP contribution in [-0.2, 0) is 113 Å². The van der Waals surface area contributed by atoms with Crippen LogP contribution in [0.2, 0.25) is 0 Å². The van der Waals surface area contributed by atoms with Crippen LogP contribution in [0.4, 0.5) is 0 Å². The molecule has 0 aromatic heterocycles. The Balaban J connectivity index is 1.12. The first kappa shape index (κ1) is 105. The molecule has 35 N–H and O–H groups in total. The molecule has 0 radical (unpaired) electrons. The van der Waals surface area contributed by atoms with E-state index in [9.17, 15) is 182 Å². The summed E-state index contributed by atoms with van der Waals surface area (Å²) in [6, 6.07) is -3.97. The van der Waals surface area contributed by atoms with E-state index >= 15 is 0 Å². The molecule has 48 atom stereocenters. The molecule has 9 rings (SSSR count). The number of hydrogen-bond acceptors (Lipinski definition) is 53. The average Bonchev–Trinajstić information content (AvgIpc) is 0.741. The Hall–Kier alpha value is -3.85. The number of rotatable bonds is 38. The highest BCUT2D eigenvalue weighted by Crippen LogP contribution is 2.48. The molecule has 58 nitrogen and oxygen atoms in total. The summed E-state index contributed by atoms with van der Waals surface area (Å²) in [6.45, 7) is -11.5. The van der Waals surface area contributed by atoms with Gasteiger partial charge < -0.3 is 255 Å². The number of hydrogen-bond donors (Lipinski definition) is 34. The molecule has 0 aromatic rings. The lowest BCUT2D eigenvalue weighted by Gasteiger charge is -2.53. The number of carbonyl (C=O) groups is 4. The van der Waals surface area contributed by atoms with Gasteiger partial charge in [-0.15, -0.1) is 0 Å². The third kappa shape index (κ3) is 23.2. The lowest BCUT2D eigenvalue weighted by molar-refractivity contribution is -0.420. The number of aliphatic hydroxyl groups is 28. The SMILES string of the molecule is CC(=O)N[C@H]1[C@H](O[C@H]2[C@@H](O)[C@@H](CO)O[C@@H](O[C@H]3[C@H](O)[C@@H](O)[C@H](O[C@H]4[C@H](O[C@H]5O[C@H]([C@H](CO)OP(=O)(O)OCCN)[C@@H](O)[C@H](O)[C@@H]5O[C@H]5O[C@H](CO)[C@@H](O)[C@H](O)[C@H]5NC(C)=O)[C@H](O)[C@@H](O[C@H]5[C@@H]([C@H](O)CO)O[C@@](O)(C(=O)O)C[C@H]5O[C@]5(C(=O)O)C[C@@H](O)[C@@H](O)[C@@H]([C@H](O)CO)O5)O[C@@H]4[C@@H](O)CO)O[C@@H]3CO)[C@@H]2O)O[C@H](CO)[C@@H](O[C@@H]2O[C@H](CO)[C@H](O)[C@H](O)[C@H]2O)[C@@H]1O. The van der Waals surface area contributed by atoms with Crippen molar-refractivity contribution in [3.8, 4) is 0 Å². The van der Waals surface area contributed by atoms with Gasteiger partial charge in [0.15, 0.2) is 44.0 Å². The predicted molar refractivity (Wildman–Crippen MR) is 378 cm³/mol. The predicted octanol–water partition coefficient (Wildman–Crippen LogP) is -21.8. The molecule has 0 aliphatic carbocycles. The highest BCUT2D eigenvalue weighted by molar-refractivity contribution is 7.47. The lowest BCUT2D eigenvalue weighted by atomic mass is 9.89. The summed E-state index contributed by atoms with van der Waals surface area (Å²) in [5, 5.41) is 340. The largest absolute Gasteiger partial charge is 0.477 e. The number of aliphatic hydroxyl groups excluding tert-OH is 27. The molecule has 59 heteroatoms. The molecule has 9 aliphatic heterocycles. The van der Waals surface area contributed by atoms with Crippen molar-refractivity contribution in [1.29, 1.82) is 0 Å². The Morgan fingerprint density at radius 3 is 1.34 bits per heavy atom. The number of nitrogens with two attached hydrogens (primary N) is 1. The molecule has 0 aromatic carbocycles. The van der Waals surface area contributed by atoms with Gasteiger partial charge in [0.05, 0.1) is 78.3 Å². The van der Waals surface area contributed by atoms with E-state index in [1.165, 1.54) is 0 Å². The number of amides is 2. The summed E-state index contributed by atoms with van der Waals surface area (Å²) in [5.74, 6) is -14.0. The molecular weight excluding hydrogens is 1750 g/mol. The quantitative estimate of drug-likeness (QED) is 0.0255. The van der Waals surface area contributed by atoms with Gasteiger partial charge in [-0.05, 0) is 0 Å². The van der Waals surface area contributed by atoms with E-state index in [4.69, 9.17) is 95.3 Å². The van der Waals surface area contributed by atoms with Crippen molar-refractivity contribution >= 4 is 31.6 Å². The molecule has 0 saturated carbocycles. The van der Waals surface area contributed by atoms with Gasteiger partial charge in [0.2, 0.25) is 11.8 Å². The van der Waals surface area contributed by atoms with Crippen LogP contribution in [0.5, 0.6) is 0 Å². The van der Waals surface area contributed by atoms with Crippen molar-refractivity contribution < 1.29 is 271 Å². The molecule has 0 spiro atoms. The van der Waals surface area contributed by atoms with Crippen molar-refractivity contribution in [2.45, 2.75) is 314 Å². The van der Waals surface area contributed by atoms with E-state index in [1.807, 2.05) is 0 Å². The van der Waals surface area contributed by atoms with E-state index in [0.29, 0.717) is 0 Å². The first-order valence-corrected chi connectivity index (χ1v) is 40.4. The zero-order valence-corrected chi connectivity index (χ0v) is 66.8. The number of aliphatic carboxylic acids is 2. The van der Waals surface area contributed by atoms with Crippen LogP contribution in [0, 0.1) is 0 Å². The average molecular weight is 1860 g/mol. The minimum atomic E-state index is -5.51. The fourth-order valence-electron chi connectivity index (χ4n) is 15.6. The van der Waals surface area contributed by atoms with Crippen LogP contribution in [0.15, 0.2) is 0 Å². The standard InChI is InChI=1S/C66H112N3O55P/c1-16(79)68-29-35(89)32(86)23(10-73)107-56(29)119-54-39(93)38(92)50(28(15-78)124-125(104,105)106-4-3-67)115-62(54)118-53-44(98)61(116-51-22(6-65(103,63(99)100)122-47(51)21(84)9-72)121-66(64(101)102)5-18(81)31(85)45(123-66)19(82)7-70)112-46(20(83)8-71)55(53)120-59-42(96)40(94)49(27(14-77)111-59)114-60-43(97)52(34(88)25(12-75)109-60)117-57-30(69-17(2)80)36(90)48(26(13-76)110-57)113-58-41(95)37(91)33(87)24(11-74)108-58/h18-62,70-78,81-98,103H,3-15,67H2,1-2H3,(H,68,79)(H,69,80)(H,99,100)(H,101,102)(H,104,105)/t18-,19-,20+,21-,22-,23-,24-,25-,26-,27-,28+,29-,30-,31-,32-,33+,34+,35-,36-,37+,38+,39+,40-,41-,42-,43-,44+,45-,46-,47-,48-,49-,50-,51-,52+,53-,54+,55-,56-,57+,58+,59+,60+,61-,62-,65-,66-/m1/s1. The maximum atomic E-state index is 13.5. The third-order valence-corrected chi connectivity index (χ3v) is 23.1. The van der Waals surface area contributed by atoms with Gasteiger partial charge in [-0.1, -0.05) is 0 Å². The summed E-state index contributed by atoms with van der Waals surface area (Å²) in [4.78, 5) is 62.8. The van der Waals surface area contributed by atoms with Crippen LogP contribution < -0.4 is 16.4 Å². The van der Waals surface area contributed by atoms with Crippen molar-refractivity contribution in [3.05, 3.63) is 0 Å². The van der Waals surface area contributed by atoms with Gasteiger partial charge in [0.25, 0.3) is 11.6 Å². The second kappa shape index (κ2) is 44.8. The second-order valence-corrected chi connectivity index (χ2v) is 32.1. The number of nitrogens with one attached hydrogen (secondary N) is 2. The summed E-state index contributed by atoms with van der Waals surface area (Å²) < 4.78 is 123. The Morgan fingerprint density at radius 2 is 0.824 bits per heavy atom. The van der Waals surface area contributed by atoms with Gasteiger partial charge in [0.1, 0.15) is 220 Å². The highest BCUT2D eigenvalue weighted by Gasteiger charge is 2.66. The smallest absolute Gasteiger partial charge is 0.472 e. The summed E-state index contributed by atoms with van der Waals surface area (Å²) in [7, 11) is -5.51. The minimum absolute atomic E-state index is 0.469. The first-order valence-electron chi connectivity index (χ1n) is 38.9. The summed E-state index contributed by atoms with van der Waals surface area (Å²) in [6.07, 6.45) is -107. The summed E-state index contributed by atoms with van der Waals surface area (Å²) >= 11 is 0. The molecule has 726 valence electrons. The number of phosphoric ester groups is 1. The van der Waals surface area contributed by atoms with Crippen molar-refractivity contribution in [2.75, 3.05) is 72.6 Å². The third-order valence-electron chi connectivity index (χ3n) is 22.1. The van der Waals surface area contributed by atoms with Crippen molar-refractivity contribution in [3.63, 3.8) is 0 Å². The lowest BCUT2D eigenvalue weighted by Crippen LogP contribution is -2.71. The van der Waals surface area contributed by atoms with Gasteiger partial charge in [-0.2, -0.15) is 0 Å².